The summed E-state index contributed by atoms with van der Waals surface area (Å²) in [6, 6.07) is 0. The second kappa shape index (κ2) is 11.5. The fraction of sp³-hybridized carbons (Fsp3) is 0.875. The summed E-state index contributed by atoms with van der Waals surface area (Å²) < 4.78 is 21.5. The van der Waals surface area contributed by atoms with Gasteiger partial charge in [-0.15, -0.1) is 0 Å². The predicted molar refractivity (Wildman–Crippen MR) is 91.1 cm³/mol. The molecule has 8 heteroatoms. The molecule has 1 fully saturated rings. The molecule has 1 atom stereocenters. The smallest absolute Gasteiger partial charge is 0.410 e. The van der Waals surface area contributed by atoms with E-state index in [1.165, 1.54) is 0 Å². The Balaban J connectivity index is 2.05. The van der Waals surface area contributed by atoms with E-state index in [2.05, 4.69) is 5.32 Å². The van der Waals surface area contributed by atoms with Crippen LogP contribution in [0.3, 0.4) is 0 Å². The van der Waals surface area contributed by atoms with Crippen molar-refractivity contribution >= 4 is 19.4 Å². The first kappa shape index (κ1) is 21.0. The lowest BCUT2D eigenvalue weighted by molar-refractivity contribution is -0.157. The van der Waals surface area contributed by atoms with Gasteiger partial charge in [0.2, 0.25) is 14.2 Å². The van der Waals surface area contributed by atoms with Crippen molar-refractivity contribution < 1.29 is 28.5 Å². The average molecular weight is 363 g/mol. The van der Waals surface area contributed by atoms with Crippen LogP contribution in [0.15, 0.2) is 0 Å². The SMILES string of the molecule is CCCCP(=O)(O)CCCNC(=O)OCOC(=O)C1CCCCC1. The molecule has 0 aromatic carbocycles. The number of carbonyl (C=O) groups is 2. The van der Waals surface area contributed by atoms with Crippen LogP contribution in [-0.4, -0.2) is 42.6 Å². The van der Waals surface area contributed by atoms with Gasteiger partial charge in [0, 0.05) is 18.9 Å². The van der Waals surface area contributed by atoms with E-state index in [0.29, 0.717) is 12.6 Å². The zero-order chi connectivity index (χ0) is 17.8. The summed E-state index contributed by atoms with van der Waals surface area (Å²) in [6.07, 6.45) is 6.75. The van der Waals surface area contributed by atoms with Gasteiger partial charge in [0.05, 0.1) is 5.92 Å². The van der Waals surface area contributed by atoms with E-state index in [4.69, 9.17) is 9.47 Å². The van der Waals surface area contributed by atoms with Gasteiger partial charge < -0.3 is 19.7 Å². The molecule has 0 saturated heterocycles. The molecule has 1 saturated carbocycles. The molecule has 0 heterocycles. The number of alkyl carbamates (subject to hydrolysis) is 1. The number of carbonyl (C=O) groups excluding carboxylic acids is 2. The number of nitrogens with one attached hydrogen (secondary N) is 1. The van der Waals surface area contributed by atoms with Gasteiger partial charge in [-0.3, -0.25) is 9.36 Å². The van der Waals surface area contributed by atoms with E-state index in [1.807, 2.05) is 6.92 Å². The van der Waals surface area contributed by atoms with Gasteiger partial charge >= 0.3 is 12.1 Å². The molecule has 0 spiro atoms. The highest BCUT2D eigenvalue weighted by molar-refractivity contribution is 7.57. The minimum atomic E-state index is -3.08. The lowest BCUT2D eigenvalue weighted by Gasteiger charge is -2.19. The van der Waals surface area contributed by atoms with Crippen LogP contribution in [0.25, 0.3) is 0 Å². The molecule has 1 aliphatic rings. The summed E-state index contributed by atoms with van der Waals surface area (Å²) in [5, 5.41) is 2.48. The number of esters is 1. The fourth-order valence-electron chi connectivity index (χ4n) is 2.68. The maximum Gasteiger partial charge on any atom is 0.410 e. The molecule has 1 aliphatic carbocycles. The zero-order valence-corrected chi connectivity index (χ0v) is 15.4. The largest absolute Gasteiger partial charge is 0.428 e. The maximum absolute atomic E-state index is 11.8. The molecule has 1 unspecified atom stereocenters. The molecule has 1 amide bonds. The van der Waals surface area contributed by atoms with Crippen molar-refractivity contribution in [1.82, 2.24) is 5.32 Å². The van der Waals surface area contributed by atoms with E-state index >= 15 is 0 Å². The van der Waals surface area contributed by atoms with Gasteiger partial charge in [0.1, 0.15) is 0 Å². The van der Waals surface area contributed by atoms with Gasteiger partial charge in [-0.25, -0.2) is 4.79 Å². The van der Waals surface area contributed by atoms with Crippen LogP contribution in [0, 0.1) is 5.92 Å². The van der Waals surface area contributed by atoms with Crippen molar-refractivity contribution in [3.8, 4) is 0 Å². The number of rotatable bonds is 10. The lowest BCUT2D eigenvalue weighted by atomic mass is 9.89. The van der Waals surface area contributed by atoms with E-state index in [-0.39, 0.29) is 24.6 Å². The standard InChI is InChI=1S/C16H30NO6P/c1-2-3-11-24(20,21)12-7-10-17-16(19)23-13-22-15(18)14-8-5-4-6-9-14/h14H,2-13H2,1H3,(H,17,19)(H,20,21). The molecular formula is C16H30NO6P. The molecule has 1 rings (SSSR count). The normalized spacial score (nSPS) is 17.8. The Morgan fingerprint density at radius 3 is 2.46 bits per heavy atom. The Morgan fingerprint density at radius 2 is 1.79 bits per heavy atom. The third-order valence-electron chi connectivity index (χ3n) is 4.14. The van der Waals surface area contributed by atoms with Gasteiger partial charge in [-0.1, -0.05) is 32.6 Å². The number of hydrogen-bond acceptors (Lipinski definition) is 5. The Kier molecular flexibility index (Phi) is 10.0. The summed E-state index contributed by atoms with van der Waals surface area (Å²) in [5.74, 6) is -0.383. The van der Waals surface area contributed by atoms with Crippen molar-refractivity contribution in [1.29, 1.82) is 0 Å². The summed E-state index contributed by atoms with van der Waals surface area (Å²) in [7, 11) is -3.08. The van der Waals surface area contributed by atoms with Crippen molar-refractivity contribution in [2.45, 2.75) is 58.3 Å². The van der Waals surface area contributed by atoms with Crippen LogP contribution in [0.2, 0.25) is 0 Å². The number of unbranched alkanes of at least 4 members (excludes halogenated alkanes) is 1. The van der Waals surface area contributed by atoms with Crippen LogP contribution in [0.4, 0.5) is 4.79 Å². The van der Waals surface area contributed by atoms with Gasteiger partial charge in [-0.05, 0) is 25.7 Å². The number of amides is 1. The molecule has 7 nitrogen and oxygen atoms in total. The molecule has 0 bridgehead atoms. The molecule has 0 aromatic heterocycles. The summed E-state index contributed by atoms with van der Waals surface area (Å²) in [5.41, 5.74) is 0. The summed E-state index contributed by atoms with van der Waals surface area (Å²) in [4.78, 5) is 32.9. The molecular weight excluding hydrogens is 333 g/mol. The first-order valence-electron chi connectivity index (χ1n) is 8.82. The molecule has 0 aliphatic heterocycles. The lowest BCUT2D eigenvalue weighted by Crippen LogP contribution is -2.28. The van der Waals surface area contributed by atoms with Gasteiger partial charge in [-0.2, -0.15) is 0 Å². The quantitative estimate of drug-likeness (QED) is 0.267. The minimum Gasteiger partial charge on any atom is -0.428 e. The Hall–Kier alpha value is -1.07. The second-order valence-electron chi connectivity index (χ2n) is 6.28. The fourth-order valence-corrected chi connectivity index (χ4v) is 4.37. The molecule has 0 radical (unpaired) electrons. The van der Waals surface area contributed by atoms with Crippen LogP contribution in [0.5, 0.6) is 0 Å². The van der Waals surface area contributed by atoms with Crippen molar-refractivity contribution in [2.24, 2.45) is 5.92 Å². The third-order valence-corrected chi connectivity index (χ3v) is 6.17. The highest BCUT2D eigenvalue weighted by Gasteiger charge is 2.22. The average Bonchev–Trinajstić information content (AvgIpc) is 2.57. The van der Waals surface area contributed by atoms with E-state index in [9.17, 15) is 19.0 Å². The molecule has 2 N–H and O–H groups in total. The van der Waals surface area contributed by atoms with Crippen LogP contribution in [-0.2, 0) is 18.8 Å². The minimum absolute atomic E-state index is 0.0766. The third kappa shape index (κ3) is 9.28. The first-order valence-corrected chi connectivity index (χ1v) is 10.9. The Bertz CT molecular complexity index is 436. The summed E-state index contributed by atoms with van der Waals surface area (Å²) in [6.45, 7) is 1.83. The van der Waals surface area contributed by atoms with E-state index < -0.39 is 20.3 Å². The van der Waals surface area contributed by atoms with Gasteiger partial charge in [0.25, 0.3) is 0 Å². The topological polar surface area (TPSA) is 102 Å². The van der Waals surface area contributed by atoms with E-state index in [1.54, 1.807) is 0 Å². The Morgan fingerprint density at radius 1 is 1.12 bits per heavy atom. The van der Waals surface area contributed by atoms with Crippen molar-refractivity contribution in [2.75, 3.05) is 25.7 Å². The van der Waals surface area contributed by atoms with Crippen LogP contribution in [0.1, 0.15) is 58.3 Å². The maximum atomic E-state index is 11.8. The second-order valence-corrected chi connectivity index (χ2v) is 8.86. The zero-order valence-electron chi connectivity index (χ0n) is 14.5. The summed E-state index contributed by atoms with van der Waals surface area (Å²) >= 11 is 0. The monoisotopic (exact) mass is 363 g/mol. The highest BCUT2D eigenvalue weighted by atomic mass is 31.2. The molecule has 140 valence electrons. The van der Waals surface area contributed by atoms with Crippen molar-refractivity contribution in [3.05, 3.63) is 0 Å². The van der Waals surface area contributed by atoms with Crippen LogP contribution < -0.4 is 5.32 Å². The highest BCUT2D eigenvalue weighted by Crippen LogP contribution is 2.41. The Labute approximate surface area is 143 Å². The molecule has 0 aromatic rings. The number of hydrogen-bond donors (Lipinski definition) is 2. The van der Waals surface area contributed by atoms with Crippen LogP contribution >= 0.6 is 7.37 Å². The predicted octanol–water partition coefficient (Wildman–Crippen LogP) is 3.25. The van der Waals surface area contributed by atoms with Crippen molar-refractivity contribution in [3.63, 3.8) is 0 Å². The van der Waals surface area contributed by atoms with Gasteiger partial charge in [0.15, 0.2) is 0 Å². The first-order chi connectivity index (χ1) is 11.4. The number of ether oxygens (including phenoxy) is 2. The molecule has 24 heavy (non-hydrogen) atoms. The van der Waals surface area contributed by atoms with E-state index in [0.717, 1.165) is 44.9 Å².